The fourth-order valence-corrected chi connectivity index (χ4v) is 5.08. The number of aromatic amines is 1. The number of nitrogens with one attached hydrogen (secondary N) is 3. The Balaban J connectivity index is 0.000000246. The Hall–Kier alpha value is -4.43. The molecule has 0 radical (unpaired) electrons. The highest BCUT2D eigenvalue weighted by molar-refractivity contribution is 5.91. The number of carboxylic acids is 1. The standard InChI is InChI=1S/C16H17F2N3O2.C14H23N3O5/c1-23-11-6-7-12-13(9-11)21-15(22)14(20-12)16(17,18)19-8-2-3-10-4-5-10;1-5-8-6-7-17(9(8)12(19)20)11(18)10(14(2,3)4)15-13(21)16-22/h2,6-10,19H,3-5H2,1H3,(H,21,22);8-10H,5-7H2,1-4H3,(H,15,21)(H,19,20)/b8-2+;/t;8?,9?,10-/m.1/s1. The van der Waals surface area contributed by atoms with E-state index >= 15 is 0 Å². The summed E-state index contributed by atoms with van der Waals surface area (Å²) in [5.74, 6) is -0.533. The molecular formula is C30H40F2N6O7. The number of hydrogen-bond acceptors (Lipinski definition) is 8. The molecule has 4 N–H and O–H groups in total. The molecule has 3 atom stereocenters. The number of halogens is 2. The Bertz CT molecular complexity index is 1490. The predicted molar refractivity (Wildman–Crippen MR) is 162 cm³/mol. The maximum Gasteiger partial charge on any atom is 0.379 e. The molecule has 45 heavy (non-hydrogen) atoms. The number of nitrogens with zero attached hydrogens (tertiary/aromatic N) is 3. The lowest BCUT2D eigenvalue weighted by molar-refractivity contribution is -0.151. The number of nitroso groups, excluding NO2 is 1. The molecule has 0 spiro atoms. The van der Waals surface area contributed by atoms with Gasteiger partial charge in [0.2, 0.25) is 5.91 Å². The molecule has 1 saturated carbocycles. The van der Waals surface area contributed by atoms with Crippen molar-refractivity contribution in [2.45, 2.75) is 77.9 Å². The van der Waals surface area contributed by atoms with Gasteiger partial charge in [0.05, 0.1) is 18.1 Å². The first-order valence-corrected chi connectivity index (χ1v) is 14.7. The number of methoxy groups -OCH3 is 1. The van der Waals surface area contributed by atoms with E-state index in [-0.39, 0.29) is 11.4 Å². The van der Waals surface area contributed by atoms with Crippen molar-refractivity contribution in [3.63, 3.8) is 0 Å². The Morgan fingerprint density at radius 3 is 2.49 bits per heavy atom. The van der Waals surface area contributed by atoms with Crippen LogP contribution in [0.15, 0.2) is 40.4 Å². The molecule has 1 aliphatic carbocycles. The second kappa shape index (κ2) is 14.6. The van der Waals surface area contributed by atoms with Gasteiger partial charge in [0.1, 0.15) is 17.8 Å². The number of ether oxygens (including phenoxy) is 1. The monoisotopic (exact) mass is 634 g/mol. The molecule has 2 unspecified atom stereocenters. The average molecular weight is 635 g/mol. The van der Waals surface area contributed by atoms with Gasteiger partial charge in [-0.3, -0.25) is 9.59 Å². The Morgan fingerprint density at radius 2 is 1.93 bits per heavy atom. The van der Waals surface area contributed by atoms with E-state index in [0.717, 1.165) is 19.3 Å². The van der Waals surface area contributed by atoms with Gasteiger partial charge in [0.25, 0.3) is 5.56 Å². The number of amides is 3. The number of urea groups is 1. The Labute approximate surface area is 258 Å². The van der Waals surface area contributed by atoms with Crippen LogP contribution in [-0.4, -0.2) is 63.6 Å². The lowest BCUT2D eigenvalue weighted by atomic mass is 9.85. The van der Waals surface area contributed by atoms with Gasteiger partial charge in [0.15, 0.2) is 5.69 Å². The van der Waals surface area contributed by atoms with Crippen LogP contribution in [0, 0.1) is 22.2 Å². The molecule has 1 aromatic heterocycles. The summed E-state index contributed by atoms with van der Waals surface area (Å²) in [5, 5.41) is 15.9. The summed E-state index contributed by atoms with van der Waals surface area (Å²) in [6, 6.07) is -1.92. The molecule has 3 amide bonds. The van der Waals surface area contributed by atoms with Gasteiger partial charge in [-0.25, -0.2) is 14.6 Å². The molecule has 13 nitrogen and oxygen atoms in total. The fourth-order valence-electron chi connectivity index (χ4n) is 5.08. The second-order valence-electron chi connectivity index (χ2n) is 12.2. The smallest absolute Gasteiger partial charge is 0.379 e. The number of allylic oxidation sites excluding steroid dienone is 1. The van der Waals surface area contributed by atoms with Crippen molar-refractivity contribution in [2.24, 2.45) is 22.4 Å². The second-order valence-corrected chi connectivity index (χ2v) is 12.2. The van der Waals surface area contributed by atoms with Crippen LogP contribution < -0.4 is 20.9 Å². The topological polar surface area (TPSA) is 183 Å². The number of hydrogen-bond donors (Lipinski definition) is 4. The largest absolute Gasteiger partial charge is 0.497 e. The van der Waals surface area contributed by atoms with Crippen molar-refractivity contribution >= 4 is 28.9 Å². The molecule has 246 valence electrons. The number of alkyl halides is 2. The van der Waals surface area contributed by atoms with Crippen LogP contribution in [0.4, 0.5) is 13.6 Å². The number of aliphatic carboxylic acids is 1. The Morgan fingerprint density at radius 1 is 1.24 bits per heavy atom. The molecule has 0 bridgehead atoms. The summed E-state index contributed by atoms with van der Waals surface area (Å²) in [6.07, 6.45) is 7.18. The highest BCUT2D eigenvalue weighted by Gasteiger charge is 2.45. The molecule has 2 fully saturated rings. The highest BCUT2D eigenvalue weighted by atomic mass is 19.3. The van der Waals surface area contributed by atoms with E-state index in [1.54, 1.807) is 32.9 Å². The van der Waals surface area contributed by atoms with Gasteiger partial charge in [0, 0.05) is 17.8 Å². The summed E-state index contributed by atoms with van der Waals surface area (Å²) < 4.78 is 33.4. The van der Waals surface area contributed by atoms with Gasteiger partial charge < -0.3 is 30.4 Å². The van der Waals surface area contributed by atoms with Gasteiger partial charge >= 0.3 is 18.0 Å². The molecule has 2 aliphatic rings. The molecule has 1 saturated heterocycles. The van der Waals surface area contributed by atoms with Crippen molar-refractivity contribution in [3.8, 4) is 5.75 Å². The van der Waals surface area contributed by atoms with Crippen LogP contribution in [0.2, 0.25) is 0 Å². The molecule has 2 heterocycles. The minimum absolute atomic E-state index is 0.109. The van der Waals surface area contributed by atoms with Crippen molar-refractivity contribution in [1.29, 1.82) is 0 Å². The van der Waals surface area contributed by atoms with E-state index in [0.29, 0.717) is 36.6 Å². The average Bonchev–Trinajstić information content (AvgIpc) is 3.71. The maximum absolute atomic E-state index is 14.2. The van der Waals surface area contributed by atoms with E-state index < -0.39 is 52.7 Å². The van der Waals surface area contributed by atoms with Crippen LogP contribution in [0.25, 0.3) is 11.0 Å². The lowest BCUT2D eigenvalue weighted by Crippen LogP contribution is -2.56. The van der Waals surface area contributed by atoms with E-state index in [2.05, 4.69) is 20.5 Å². The summed E-state index contributed by atoms with van der Waals surface area (Å²) in [6.45, 7) is 7.39. The summed E-state index contributed by atoms with van der Waals surface area (Å²) in [4.78, 5) is 65.2. The summed E-state index contributed by atoms with van der Waals surface area (Å²) in [5.41, 5.74) is -1.85. The van der Waals surface area contributed by atoms with Gasteiger partial charge in [-0.2, -0.15) is 8.78 Å². The van der Waals surface area contributed by atoms with E-state index in [4.69, 9.17) is 4.74 Å². The first-order valence-electron chi connectivity index (χ1n) is 14.7. The number of aromatic nitrogens is 2. The van der Waals surface area contributed by atoms with Gasteiger partial charge in [-0.05, 0) is 61.3 Å². The summed E-state index contributed by atoms with van der Waals surface area (Å²) >= 11 is 0. The number of H-pyrrole nitrogens is 1. The van der Waals surface area contributed by atoms with Gasteiger partial charge in [-0.15, -0.1) is 4.91 Å². The van der Waals surface area contributed by atoms with E-state index in [1.807, 2.05) is 12.2 Å². The third-order valence-corrected chi connectivity index (χ3v) is 7.79. The van der Waals surface area contributed by atoms with Gasteiger partial charge in [-0.1, -0.05) is 40.2 Å². The SMILES string of the molecule is CCC1CCN(C(=O)[C@@H](NC(=O)N=O)C(C)(C)C)C1C(=O)O.COc1ccc2nc(C(F)(F)N/C=C/CC3CC3)c(=O)[nH]c2c1. The highest BCUT2D eigenvalue weighted by Crippen LogP contribution is 2.33. The zero-order valence-corrected chi connectivity index (χ0v) is 25.9. The normalized spacial score (nSPS) is 19.0. The lowest BCUT2D eigenvalue weighted by Gasteiger charge is -2.34. The molecule has 15 heteroatoms. The zero-order chi connectivity index (χ0) is 33.5. The number of carbonyl (C=O) groups is 3. The first-order chi connectivity index (χ1) is 21.1. The molecule has 1 aromatic carbocycles. The number of rotatable bonds is 10. The minimum atomic E-state index is -3.54. The zero-order valence-electron chi connectivity index (χ0n) is 25.9. The number of carbonyl (C=O) groups excluding carboxylic acids is 2. The molecule has 2 aromatic rings. The van der Waals surface area contributed by atoms with Crippen LogP contribution in [0.5, 0.6) is 5.75 Å². The quantitative estimate of drug-likeness (QED) is 0.216. The Kier molecular flexibility index (Phi) is 11.3. The maximum atomic E-state index is 14.2. The van der Waals surface area contributed by atoms with Crippen molar-refractivity contribution in [1.82, 2.24) is 25.5 Å². The fraction of sp³-hybridized carbons (Fsp3) is 0.567. The van der Waals surface area contributed by atoms with Crippen molar-refractivity contribution in [2.75, 3.05) is 13.7 Å². The number of likely N-dealkylation sites (tertiary alicyclic amines) is 1. The number of fused-ring (bicyclic) bond motifs is 1. The number of carboxylic acid groups (broad SMARTS) is 1. The number of benzene rings is 1. The first kappa shape index (κ1) is 35.1. The van der Waals surface area contributed by atoms with Crippen LogP contribution in [0.1, 0.15) is 65.5 Å². The predicted octanol–water partition coefficient (Wildman–Crippen LogP) is 4.47. The van der Waals surface area contributed by atoms with Crippen LogP contribution in [-0.2, 0) is 15.6 Å². The molecule has 4 rings (SSSR count). The van der Waals surface area contributed by atoms with Crippen molar-refractivity contribution < 1.29 is 33.0 Å². The van der Waals surface area contributed by atoms with E-state index in [1.165, 1.54) is 30.3 Å². The minimum Gasteiger partial charge on any atom is -0.497 e. The van der Waals surface area contributed by atoms with Crippen LogP contribution >= 0.6 is 0 Å². The summed E-state index contributed by atoms with van der Waals surface area (Å²) in [7, 11) is 1.48. The third-order valence-electron chi connectivity index (χ3n) is 7.79. The molecular weight excluding hydrogens is 594 g/mol. The molecule has 1 aliphatic heterocycles. The van der Waals surface area contributed by atoms with E-state index in [9.17, 15) is 38.0 Å². The van der Waals surface area contributed by atoms with Crippen LogP contribution in [0.3, 0.4) is 0 Å². The van der Waals surface area contributed by atoms with Crippen molar-refractivity contribution in [3.05, 3.63) is 51.4 Å². The third kappa shape index (κ3) is 9.05.